The Kier molecular flexibility index (Phi) is 5.88. The zero-order valence-corrected chi connectivity index (χ0v) is 19.4. The Balaban J connectivity index is 1.52. The van der Waals surface area contributed by atoms with Gasteiger partial charge in [0.1, 0.15) is 0 Å². The number of fused-ring (bicyclic) bond motifs is 3. The van der Waals surface area contributed by atoms with E-state index in [1.807, 2.05) is 24.3 Å². The first-order valence-electron chi connectivity index (χ1n) is 11.9. The second kappa shape index (κ2) is 9.11. The van der Waals surface area contributed by atoms with E-state index < -0.39 is 0 Å². The van der Waals surface area contributed by atoms with Gasteiger partial charge in [0.15, 0.2) is 0 Å². The van der Waals surface area contributed by atoms with Gasteiger partial charge >= 0.3 is 0 Å². The molecule has 0 bridgehead atoms. The summed E-state index contributed by atoms with van der Waals surface area (Å²) in [6.07, 6.45) is 11.9. The van der Waals surface area contributed by atoms with Crippen LogP contribution in [0, 0.1) is 6.92 Å². The molecule has 1 nitrogen and oxygen atoms in total. The summed E-state index contributed by atoms with van der Waals surface area (Å²) >= 11 is 0. The van der Waals surface area contributed by atoms with Gasteiger partial charge in [0.05, 0.1) is 0 Å². The Bertz CT molecular complexity index is 1230. The van der Waals surface area contributed by atoms with Crippen molar-refractivity contribution in [3.63, 3.8) is 0 Å². The Morgan fingerprint density at radius 3 is 2.45 bits per heavy atom. The van der Waals surface area contributed by atoms with Gasteiger partial charge in [-0.2, -0.15) is 0 Å². The van der Waals surface area contributed by atoms with Crippen molar-refractivity contribution < 1.29 is 0 Å². The van der Waals surface area contributed by atoms with Gasteiger partial charge in [-0.05, 0) is 71.9 Å². The van der Waals surface area contributed by atoms with Crippen molar-refractivity contribution >= 4 is 23.0 Å². The highest BCUT2D eigenvalue weighted by Crippen LogP contribution is 2.52. The molecule has 3 aromatic carbocycles. The first-order valence-corrected chi connectivity index (χ1v) is 11.9. The SMILES string of the molecule is C=C/C=C(C=C)/C(=C\c1ccc(N2c3ccc(C)cc3C3CCCC32)cc1)c1ccccc1. The normalized spacial score (nSPS) is 19.8. The Morgan fingerprint density at radius 2 is 1.73 bits per heavy atom. The van der Waals surface area contributed by atoms with E-state index in [-0.39, 0.29) is 0 Å². The summed E-state index contributed by atoms with van der Waals surface area (Å²) in [4.78, 5) is 2.59. The molecule has 0 saturated heterocycles. The van der Waals surface area contributed by atoms with Gasteiger partial charge in [-0.15, -0.1) is 0 Å². The third kappa shape index (κ3) is 4.00. The van der Waals surface area contributed by atoms with Crippen molar-refractivity contribution in [1.29, 1.82) is 0 Å². The summed E-state index contributed by atoms with van der Waals surface area (Å²) in [6, 6.07) is 27.1. The predicted molar refractivity (Wildman–Crippen MR) is 143 cm³/mol. The maximum atomic E-state index is 4.03. The van der Waals surface area contributed by atoms with Crippen molar-refractivity contribution in [3.05, 3.63) is 132 Å². The zero-order valence-electron chi connectivity index (χ0n) is 19.4. The van der Waals surface area contributed by atoms with Crippen molar-refractivity contribution in [3.8, 4) is 0 Å². The van der Waals surface area contributed by atoms with Crippen LogP contribution in [0.1, 0.15) is 47.4 Å². The molecule has 3 aromatic rings. The minimum absolute atomic E-state index is 0.589. The van der Waals surface area contributed by atoms with Crippen molar-refractivity contribution in [2.45, 2.75) is 38.1 Å². The molecule has 5 rings (SSSR count). The molecule has 1 heteroatoms. The molecule has 0 N–H and O–H groups in total. The van der Waals surface area contributed by atoms with Crippen molar-refractivity contribution in [2.75, 3.05) is 4.90 Å². The Hall–Kier alpha value is -3.58. The molecule has 0 radical (unpaired) electrons. The summed E-state index contributed by atoms with van der Waals surface area (Å²) < 4.78 is 0. The summed E-state index contributed by atoms with van der Waals surface area (Å²) in [6.45, 7) is 10.1. The number of nitrogens with zero attached hydrogens (tertiary/aromatic N) is 1. The fraction of sp³-hybridized carbons (Fsp3) is 0.188. The number of hydrogen-bond donors (Lipinski definition) is 0. The maximum Gasteiger partial charge on any atom is 0.0449 e. The molecular weight excluding hydrogens is 398 g/mol. The van der Waals surface area contributed by atoms with E-state index in [0.717, 1.165) is 11.1 Å². The average Bonchev–Trinajstić information content (AvgIpc) is 3.43. The van der Waals surface area contributed by atoms with Crippen LogP contribution in [0.2, 0.25) is 0 Å². The number of benzene rings is 3. The lowest BCUT2D eigenvalue weighted by Crippen LogP contribution is -2.26. The van der Waals surface area contributed by atoms with Gasteiger partial charge in [-0.25, -0.2) is 0 Å². The molecule has 1 fully saturated rings. The largest absolute Gasteiger partial charge is 0.338 e. The first-order chi connectivity index (χ1) is 16.2. The van der Waals surface area contributed by atoms with Crippen molar-refractivity contribution in [1.82, 2.24) is 0 Å². The Morgan fingerprint density at radius 1 is 0.939 bits per heavy atom. The molecule has 164 valence electrons. The fourth-order valence-electron chi connectivity index (χ4n) is 5.56. The van der Waals surface area contributed by atoms with E-state index in [2.05, 4.69) is 97.8 Å². The molecule has 2 unspecified atom stereocenters. The molecule has 0 spiro atoms. The quantitative estimate of drug-likeness (QED) is 0.280. The van der Waals surface area contributed by atoms with Crippen LogP contribution in [0.15, 0.2) is 110 Å². The summed E-state index contributed by atoms with van der Waals surface area (Å²) in [5, 5.41) is 0. The monoisotopic (exact) mass is 429 g/mol. The number of hydrogen-bond acceptors (Lipinski definition) is 1. The second-order valence-electron chi connectivity index (χ2n) is 9.11. The highest BCUT2D eigenvalue weighted by molar-refractivity contribution is 5.93. The van der Waals surface area contributed by atoms with Crippen molar-refractivity contribution in [2.24, 2.45) is 0 Å². The van der Waals surface area contributed by atoms with Gasteiger partial charge in [0.2, 0.25) is 0 Å². The third-order valence-corrected chi connectivity index (χ3v) is 7.05. The van der Waals surface area contributed by atoms with Crippen LogP contribution < -0.4 is 4.90 Å². The van der Waals surface area contributed by atoms with E-state index in [9.17, 15) is 0 Å². The van der Waals surface area contributed by atoms with E-state index in [1.165, 1.54) is 52.9 Å². The average molecular weight is 430 g/mol. The van der Waals surface area contributed by atoms with Crippen LogP contribution in [0.25, 0.3) is 11.6 Å². The van der Waals surface area contributed by atoms with E-state index >= 15 is 0 Å². The maximum absolute atomic E-state index is 4.03. The molecule has 33 heavy (non-hydrogen) atoms. The van der Waals surface area contributed by atoms with Gasteiger partial charge in [0.25, 0.3) is 0 Å². The molecule has 1 aliphatic carbocycles. The van der Waals surface area contributed by atoms with Gasteiger partial charge in [-0.3, -0.25) is 0 Å². The number of aryl methyl sites for hydroxylation is 1. The van der Waals surface area contributed by atoms with E-state index in [0.29, 0.717) is 12.0 Å². The van der Waals surface area contributed by atoms with Crippen LogP contribution in [0.3, 0.4) is 0 Å². The topological polar surface area (TPSA) is 3.24 Å². The minimum Gasteiger partial charge on any atom is -0.338 e. The highest BCUT2D eigenvalue weighted by atomic mass is 15.2. The molecule has 0 amide bonds. The smallest absolute Gasteiger partial charge is 0.0449 e. The lowest BCUT2D eigenvalue weighted by Gasteiger charge is -2.27. The van der Waals surface area contributed by atoms with Gasteiger partial charge in [-0.1, -0.05) is 98.0 Å². The molecule has 0 aromatic heterocycles. The highest BCUT2D eigenvalue weighted by Gasteiger charge is 2.41. The summed E-state index contributed by atoms with van der Waals surface area (Å²) in [7, 11) is 0. The van der Waals surface area contributed by atoms with Crippen LogP contribution >= 0.6 is 0 Å². The number of rotatable bonds is 6. The number of allylic oxidation sites excluding steroid dienone is 5. The first kappa shape index (κ1) is 21.3. The van der Waals surface area contributed by atoms with Gasteiger partial charge < -0.3 is 4.90 Å². The molecule has 1 heterocycles. The molecular formula is C32H31N. The standard InChI is InChI=1S/C32H31N/c1-4-10-25(5-2)29(26-11-7-6-8-12-26)22-24-16-18-27(19-17-24)33-31-14-9-13-28(31)30-21-23(3)15-20-32(30)33/h4-8,10-12,15-22,28,31H,1-2,9,13-14H2,3H3/b25-10+,29-22+. The van der Waals surface area contributed by atoms with E-state index in [4.69, 9.17) is 0 Å². The molecule has 2 atom stereocenters. The van der Waals surface area contributed by atoms with Crippen LogP contribution in [-0.4, -0.2) is 6.04 Å². The fourth-order valence-corrected chi connectivity index (χ4v) is 5.56. The Labute approximate surface area is 198 Å². The predicted octanol–water partition coefficient (Wildman–Crippen LogP) is 8.62. The number of anilines is 2. The summed E-state index contributed by atoms with van der Waals surface area (Å²) in [5.74, 6) is 0.670. The molecule has 1 saturated carbocycles. The zero-order chi connectivity index (χ0) is 22.8. The van der Waals surface area contributed by atoms with Gasteiger partial charge in [0, 0.05) is 23.3 Å². The lowest BCUT2D eigenvalue weighted by molar-refractivity contribution is 0.641. The second-order valence-corrected chi connectivity index (χ2v) is 9.11. The lowest BCUT2D eigenvalue weighted by atomic mass is 9.95. The third-order valence-electron chi connectivity index (χ3n) is 7.05. The van der Waals surface area contributed by atoms with Crippen LogP contribution in [-0.2, 0) is 0 Å². The minimum atomic E-state index is 0.589. The molecule has 2 aliphatic rings. The molecule has 1 aliphatic heterocycles. The van der Waals surface area contributed by atoms with Crippen LogP contribution in [0.5, 0.6) is 0 Å². The van der Waals surface area contributed by atoms with Crippen LogP contribution in [0.4, 0.5) is 11.4 Å². The summed E-state index contributed by atoms with van der Waals surface area (Å²) in [5.41, 5.74) is 10.2. The van der Waals surface area contributed by atoms with E-state index in [1.54, 1.807) is 0 Å².